The van der Waals surface area contributed by atoms with Crippen LogP contribution in [0.1, 0.15) is 66.8 Å². The Labute approximate surface area is 452 Å². The topological polar surface area (TPSA) is 29.6 Å². The first-order valence-corrected chi connectivity index (χ1v) is 27.3. The molecule has 0 radical (unpaired) electrons. The first-order chi connectivity index (χ1) is 38.5. The molecule has 12 bridgehead atoms. The molecule has 0 unspecified atom stereocenters. The predicted molar refractivity (Wildman–Crippen MR) is 326 cm³/mol. The molecule has 2 aliphatic rings. The van der Waals surface area contributed by atoms with Crippen LogP contribution >= 0.6 is 0 Å². The maximum Gasteiger partial charge on any atom is 0.0489 e. The lowest BCUT2D eigenvalue weighted by molar-refractivity contribution is 0.793. The van der Waals surface area contributed by atoms with E-state index in [1.165, 1.54) is 132 Å². The van der Waals surface area contributed by atoms with E-state index in [1.54, 1.807) is 0 Å². The van der Waals surface area contributed by atoms with Crippen LogP contribution in [0.25, 0.3) is 102 Å². The molecule has 6 heteroatoms. The minimum absolute atomic E-state index is 0.757. The molecule has 0 aliphatic carbocycles. The fourth-order valence-corrected chi connectivity index (χ4v) is 13.2. The SMILES string of the molecule is C1=C\c2cn(c3ccccc23)Cc2cc(cc(Cn3cc(/C=C/c4cn(Cc5cc6cc(c5)Cn5cc(c7ccccc75)/C=C\c5cn(c7ccccc57)C6)c5ccccc45)c4ccccc43)c2)Cn2cc/1c1ccccc12. The van der Waals surface area contributed by atoms with Gasteiger partial charge in [-0.2, -0.15) is 0 Å². The number of hydrogen-bond acceptors (Lipinski definition) is 0. The van der Waals surface area contributed by atoms with Crippen LogP contribution in [0.5, 0.6) is 0 Å². The van der Waals surface area contributed by atoms with E-state index < -0.39 is 0 Å². The van der Waals surface area contributed by atoms with Crippen LogP contribution in [0, 0.1) is 0 Å². The molecule has 14 aromatic rings. The molecule has 0 fully saturated rings. The van der Waals surface area contributed by atoms with Gasteiger partial charge in [0.15, 0.2) is 0 Å². The standard InChI is InChI=1S/C72H54N6/c1-7-19-67-61(13-1)55-25-26-56-44-74(68-20-8-2-14-62(56)68)38-50-31-49(37-73(67)43-55)33-53(34-50)41-77-47-59(65-17-5-11-23-71(65)77)29-30-60-48-78(72-24-12-6-18-66(60)72)42-54-35-51-32-52(36-54)40-76-46-58(64-16-4-10-22-70(64)76)28-27-57-45-75(39-51)69-21-9-3-15-63(57)69/h1-36,43-48H,37-42H2/b26-25-,28-27-,30-29+. The van der Waals surface area contributed by atoms with Gasteiger partial charge in [0.2, 0.25) is 0 Å². The zero-order valence-corrected chi connectivity index (χ0v) is 43.2. The van der Waals surface area contributed by atoms with Crippen molar-refractivity contribution in [2.24, 2.45) is 0 Å². The second kappa shape index (κ2) is 17.9. The van der Waals surface area contributed by atoms with Gasteiger partial charge in [0.05, 0.1) is 0 Å². The molecule has 6 aromatic heterocycles. The Bertz CT molecular complexity index is 4300. The smallest absolute Gasteiger partial charge is 0.0489 e. The lowest BCUT2D eigenvalue weighted by Gasteiger charge is -2.14. The number of fused-ring (bicyclic) bond motifs is 26. The molecule has 0 spiro atoms. The second-order valence-electron chi connectivity index (χ2n) is 21.7. The number of hydrogen-bond donors (Lipinski definition) is 0. The van der Waals surface area contributed by atoms with Crippen molar-refractivity contribution in [2.75, 3.05) is 0 Å². The Balaban J connectivity index is 0.744. The van der Waals surface area contributed by atoms with Crippen molar-refractivity contribution in [1.82, 2.24) is 27.4 Å². The molecule has 2 aliphatic heterocycles. The summed E-state index contributed by atoms with van der Waals surface area (Å²) in [4.78, 5) is 0. The summed E-state index contributed by atoms with van der Waals surface area (Å²) >= 11 is 0. The molecule has 0 amide bonds. The van der Waals surface area contributed by atoms with E-state index in [0.29, 0.717) is 0 Å². The first-order valence-electron chi connectivity index (χ1n) is 27.3. The van der Waals surface area contributed by atoms with E-state index in [-0.39, 0.29) is 0 Å². The highest BCUT2D eigenvalue weighted by Crippen LogP contribution is 2.34. The number of para-hydroxylation sites is 6. The third-order valence-corrected chi connectivity index (χ3v) is 16.6. The van der Waals surface area contributed by atoms with E-state index >= 15 is 0 Å². The quantitative estimate of drug-likeness (QED) is 0.159. The van der Waals surface area contributed by atoms with Gasteiger partial charge in [0, 0.05) is 175 Å². The minimum Gasteiger partial charge on any atom is -0.342 e. The summed E-state index contributed by atoms with van der Waals surface area (Å²) in [5.41, 5.74) is 22.7. The molecule has 0 saturated heterocycles. The largest absolute Gasteiger partial charge is 0.342 e. The maximum atomic E-state index is 2.45. The summed E-state index contributed by atoms with van der Waals surface area (Å²) in [7, 11) is 0. The summed E-state index contributed by atoms with van der Waals surface area (Å²) in [5.74, 6) is 0. The second-order valence-corrected chi connectivity index (χ2v) is 21.7. The zero-order valence-electron chi connectivity index (χ0n) is 43.2. The van der Waals surface area contributed by atoms with Gasteiger partial charge in [-0.05, 0) is 69.8 Å². The highest BCUT2D eigenvalue weighted by Gasteiger charge is 2.17. The summed E-state index contributed by atoms with van der Waals surface area (Å²) < 4.78 is 14.6. The molecule has 0 saturated carbocycles. The van der Waals surface area contributed by atoms with Gasteiger partial charge < -0.3 is 27.4 Å². The van der Waals surface area contributed by atoms with Gasteiger partial charge in [-0.3, -0.25) is 0 Å². The molecule has 8 heterocycles. The molecule has 78 heavy (non-hydrogen) atoms. The first kappa shape index (κ1) is 44.5. The fraction of sp³-hybridized carbons (Fsp3) is 0.0833. The average molecular weight is 1000 g/mol. The maximum absolute atomic E-state index is 2.45. The van der Waals surface area contributed by atoms with Crippen LogP contribution in [-0.2, 0) is 39.3 Å². The van der Waals surface area contributed by atoms with Gasteiger partial charge in [-0.1, -0.05) is 182 Å². The highest BCUT2D eigenvalue weighted by molar-refractivity contribution is 5.99. The molecular weight excluding hydrogens is 949 g/mol. The Morgan fingerprint density at radius 3 is 0.859 bits per heavy atom. The van der Waals surface area contributed by atoms with E-state index in [4.69, 9.17) is 0 Å². The number of rotatable bonds is 6. The molecule has 0 N–H and O–H groups in total. The summed E-state index contributed by atoms with van der Waals surface area (Å²) in [5, 5.41) is 7.59. The molecule has 8 aromatic carbocycles. The summed E-state index contributed by atoms with van der Waals surface area (Å²) in [6.45, 7) is 4.69. The van der Waals surface area contributed by atoms with Gasteiger partial charge in [0.25, 0.3) is 0 Å². The van der Waals surface area contributed by atoms with Gasteiger partial charge in [0.1, 0.15) is 0 Å². The van der Waals surface area contributed by atoms with Crippen LogP contribution in [0.3, 0.4) is 0 Å². The molecule has 16 rings (SSSR count). The van der Waals surface area contributed by atoms with Crippen LogP contribution in [0.4, 0.5) is 0 Å². The van der Waals surface area contributed by atoms with Crippen molar-refractivity contribution >= 4 is 102 Å². The lowest BCUT2D eigenvalue weighted by Crippen LogP contribution is -2.05. The minimum atomic E-state index is 0.757. The van der Waals surface area contributed by atoms with Gasteiger partial charge in [-0.25, -0.2) is 0 Å². The average Bonchev–Trinajstić information content (AvgIpc) is 4.36. The van der Waals surface area contributed by atoms with Crippen molar-refractivity contribution in [3.8, 4) is 0 Å². The van der Waals surface area contributed by atoms with Crippen molar-refractivity contribution < 1.29 is 0 Å². The van der Waals surface area contributed by atoms with Crippen LogP contribution in [0.15, 0.2) is 219 Å². The third-order valence-electron chi connectivity index (χ3n) is 16.6. The van der Waals surface area contributed by atoms with E-state index in [2.05, 4.69) is 283 Å². The van der Waals surface area contributed by atoms with E-state index in [9.17, 15) is 0 Å². The van der Waals surface area contributed by atoms with E-state index in [0.717, 1.165) is 39.3 Å². The normalized spacial score (nSPS) is 14.2. The van der Waals surface area contributed by atoms with Crippen molar-refractivity contribution in [3.05, 3.63) is 286 Å². The predicted octanol–water partition coefficient (Wildman–Crippen LogP) is 16.8. The fourth-order valence-electron chi connectivity index (χ4n) is 13.2. The Morgan fingerprint density at radius 2 is 0.551 bits per heavy atom. The number of nitrogens with zero attached hydrogens (tertiary/aromatic N) is 6. The summed E-state index contributed by atoms with van der Waals surface area (Å²) in [6, 6.07) is 67.6. The molecule has 6 nitrogen and oxygen atoms in total. The molecule has 372 valence electrons. The highest BCUT2D eigenvalue weighted by atomic mass is 15.0. The van der Waals surface area contributed by atoms with E-state index in [1.807, 2.05) is 0 Å². The van der Waals surface area contributed by atoms with Crippen molar-refractivity contribution in [1.29, 1.82) is 0 Å². The molecule has 0 atom stereocenters. The van der Waals surface area contributed by atoms with Crippen LogP contribution in [0.2, 0.25) is 0 Å². The molecular formula is C72H54N6. The summed E-state index contributed by atoms with van der Waals surface area (Å²) in [6.07, 6.45) is 27.9. The van der Waals surface area contributed by atoms with Crippen LogP contribution < -0.4 is 0 Å². The Morgan fingerprint density at radius 1 is 0.282 bits per heavy atom. The monoisotopic (exact) mass is 1000 g/mol. The number of benzene rings is 8. The lowest BCUT2D eigenvalue weighted by atomic mass is 10.0. The van der Waals surface area contributed by atoms with Crippen molar-refractivity contribution in [2.45, 2.75) is 39.3 Å². The van der Waals surface area contributed by atoms with Crippen LogP contribution in [-0.4, -0.2) is 27.4 Å². The Hall–Kier alpha value is -9.78. The number of aromatic nitrogens is 6. The van der Waals surface area contributed by atoms with Gasteiger partial charge >= 0.3 is 0 Å². The Kier molecular flexibility index (Phi) is 10.2. The van der Waals surface area contributed by atoms with Crippen molar-refractivity contribution in [3.63, 3.8) is 0 Å². The van der Waals surface area contributed by atoms with Gasteiger partial charge in [-0.15, -0.1) is 0 Å². The zero-order chi connectivity index (χ0) is 51.3. The third kappa shape index (κ3) is 7.70.